The number of hydrogen-bond donors (Lipinski definition) is 1. The predicted molar refractivity (Wildman–Crippen MR) is 132 cm³/mol. The monoisotopic (exact) mass is 492 g/mol. The molecule has 0 aliphatic heterocycles. The van der Waals surface area contributed by atoms with Crippen LogP contribution in [0.3, 0.4) is 0 Å². The van der Waals surface area contributed by atoms with Crippen molar-refractivity contribution in [2.75, 3.05) is 4.72 Å². The lowest BCUT2D eigenvalue weighted by atomic mass is 10.1. The van der Waals surface area contributed by atoms with Crippen LogP contribution in [0.25, 0.3) is 0 Å². The van der Waals surface area contributed by atoms with Crippen molar-refractivity contribution in [1.29, 1.82) is 0 Å². The number of nitrogens with zero attached hydrogens (tertiary/aromatic N) is 3. The average molecular weight is 493 g/mol. The Morgan fingerprint density at radius 1 is 1.03 bits per heavy atom. The summed E-state index contributed by atoms with van der Waals surface area (Å²) in [5, 5.41) is 0. The second-order valence-electron chi connectivity index (χ2n) is 8.21. The number of imidazole rings is 1. The van der Waals surface area contributed by atoms with E-state index in [9.17, 15) is 17.6 Å². The van der Waals surface area contributed by atoms with Gasteiger partial charge in [-0.1, -0.05) is 48.0 Å². The Balaban J connectivity index is 1.70. The first-order chi connectivity index (χ1) is 16.7. The molecule has 0 fully saturated rings. The fourth-order valence-electron chi connectivity index (χ4n) is 3.60. The summed E-state index contributed by atoms with van der Waals surface area (Å²) >= 11 is 0. The van der Waals surface area contributed by atoms with Crippen LogP contribution in [0.4, 0.5) is 10.1 Å². The van der Waals surface area contributed by atoms with Crippen LogP contribution in [-0.2, 0) is 30.2 Å². The topological polar surface area (TPSA) is 84.3 Å². The number of benzene rings is 3. The van der Waals surface area contributed by atoms with Crippen molar-refractivity contribution in [2.24, 2.45) is 7.05 Å². The minimum Gasteiger partial charge on any atom is -0.337 e. The van der Waals surface area contributed by atoms with Crippen molar-refractivity contribution in [3.63, 3.8) is 0 Å². The molecule has 0 bridgehead atoms. The summed E-state index contributed by atoms with van der Waals surface area (Å²) in [6.45, 7) is 2.23. The van der Waals surface area contributed by atoms with Gasteiger partial charge in [-0.05, 0) is 42.8 Å². The Morgan fingerprint density at radius 2 is 1.74 bits per heavy atom. The molecule has 1 heterocycles. The Hall–Kier alpha value is -3.98. The van der Waals surface area contributed by atoms with Crippen molar-refractivity contribution in [1.82, 2.24) is 14.5 Å². The predicted octanol–water partition coefficient (Wildman–Crippen LogP) is 4.51. The Morgan fingerprint density at radius 3 is 2.40 bits per heavy atom. The van der Waals surface area contributed by atoms with Gasteiger partial charge in [-0.25, -0.2) is 17.8 Å². The zero-order valence-corrected chi connectivity index (χ0v) is 20.2. The van der Waals surface area contributed by atoms with E-state index in [1.807, 2.05) is 44.3 Å². The van der Waals surface area contributed by atoms with Gasteiger partial charge in [-0.3, -0.25) is 9.52 Å². The number of nitrogens with one attached hydrogen (secondary N) is 1. The van der Waals surface area contributed by atoms with Gasteiger partial charge in [0.2, 0.25) is 0 Å². The van der Waals surface area contributed by atoms with Gasteiger partial charge in [0, 0.05) is 26.0 Å². The molecule has 1 amide bonds. The van der Waals surface area contributed by atoms with Gasteiger partial charge >= 0.3 is 0 Å². The molecule has 4 rings (SSSR count). The number of carbonyl (C=O) groups is 1. The third kappa shape index (κ3) is 5.75. The zero-order chi connectivity index (χ0) is 25.0. The Labute approximate surface area is 203 Å². The first-order valence-electron chi connectivity index (χ1n) is 10.9. The second-order valence-corrected chi connectivity index (χ2v) is 9.89. The maximum atomic E-state index is 14.3. The summed E-state index contributed by atoms with van der Waals surface area (Å²) in [7, 11) is -2.18. The minimum atomic E-state index is -4.00. The normalized spacial score (nSPS) is 11.3. The highest BCUT2D eigenvalue weighted by atomic mass is 32.2. The highest BCUT2D eigenvalue weighted by Gasteiger charge is 2.24. The van der Waals surface area contributed by atoms with Crippen LogP contribution >= 0.6 is 0 Å². The van der Waals surface area contributed by atoms with Gasteiger partial charge in [0.25, 0.3) is 15.9 Å². The lowest BCUT2D eigenvalue weighted by Gasteiger charge is -2.24. The van der Waals surface area contributed by atoms with Crippen LogP contribution < -0.4 is 4.72 Å². The fourth-order valence-corrected chi connectivity index (χ4v) is 4.68. The highest BCUT2D eigenvalue weighted by Crippen LogP contribution is 2.24. The molecule has 0 aliphatic rings. The SMILES string of the molecule is Cc1ccc(S(=O)(=O)Nc2ccc(F)cc2C(=O)N(Cc2ccccc2)Cc2nccn2C)cc1. The van der Waals surface area contributed by atoms with Gasteiger partial charge in [0.15, 0.2) is 0 Å². The van der Waals surface area contributed by atoms with Gasteiger partial charge in [0.1, 0.15) is 11.6 Å². The van der Waals surface area contributed by atoms with E-state index in [-0.39, 0.29) is 29.2 Å². The third-order valence-corrected chi connectivity index (χ3v) is 6.93. The lowest BCUT2D eigenvalue weighted by Crippen LogP contribution is -2.32. The summed E-state index contributed by atoms with van der Waals surface area (Å²) in [5.74, 6) is -0.547. The molecule has 0 unspecified atom stereocenters. The number of aromatic nitrogens is 2. The molecule has 180 valence electrons. The molecule has 9 heteroatoms. The number of amides is 1. The molecule has 0 atom stereocenters. The van der Waals surface area contributed by atoms with E-state index in [1.54, 1.807) is 29.1 Å². The molecule has 4 aromatic rings. The van der Waals surface area contributed by atoms with Crippen molar-refractivity contribution in [3.8, 4) is 0 Å². The standard InChI is InChI=1S/C26H25FN4O3S/c1-19-8-11-22(12-9-19)35(33,34)29-24-13-10-21(27)16-23(24)26(32)31(17-20-6-4-3-5-7-20)18-25-28-14-15-30(25)2/h3-16,29H,17-18H2,1-2H3. The molecular weight excluding hydrogens is 467 g/mol. The van der Waals surface area contributed by atoms with E-state index in [0.717, 1.165) is 23.3 Å². The number of anilines is 1. The minimum absolute atomic E-state index is 0.00474. The fraction of sp³-hybridized carbons (Fsp3) is 0.154. The summed E-state index contributed by atoms with van der Waals surface area (Å²) < 4.78 is 44.5. The number of rotatable bonds is 8. The number of halogens is 1. The van der Waals surface area contributed by atoms with Gasteiger partial charge in [0.05, 0.1) is 22.7 Å². The highest BCUT2D eigenvalue weighted by molar-refractivity contribution is 7.92. The number of sulfonamides is 1. The zero-order valence-electron chi connectivity index (χ0n) is 19.3. The van der Waals surface area contributed by atoms with Crippen molar-refractivity contribution in [2.45, 2.75) is 24.9 Å². The van der Waals surface area contributed by atoms with Crippen molar-refractivity contribution >= 4 is 21.6 Å². The molecule has 7 nitrogen and oxygen atoms in total. The largest absolute Gasteiger partial charge is 0.337 e. The van der Waals surface area contributed by atoms with Crippen LogP contribution in [0.1, 0.15) is 27.3 Å². The number of hydrogen-bond acceptors (Lipinski definition) is 4. The van der Waals surface area contributed by atoms with Crippen LogP contribution in [0, 0.1) is 12.7 Å². The van der Waals surface area contributed by atoms with E-state index in [0.29, 0.717) is 5.82 Å². The molecule has 1 N–H and O–H groups in total. The second kappa shape index (κ2) is 10.1. The summed E-state index contributed by atoms with van der Waals surface area (Å²) in [6.07, 6.45) is 3.40. The van der Waals surface area contributed by atoms with E-state index in [1.165, 1.54) is 23.1 Å². The van der Waals surface area contributed by atoms with E-state index < -0.39 is 21.7 Å². The quantitative estimate of drug-likeness (QED) is 0.392. The first-order valence-corrected chi connectivity index (χ1v) is 12.4. The van der Waals surface area contributed by atoms with Crippen molar-refractivity contribution < 1.29 is 17.6 Å². The van der Waals surface area contributed by atoms with E-state index >= 15 is 0 Å². The van der Waals surface area contributed by atoms with E-state index in [4.69, 9.17) is 0 Å². The molecular formula is C26H25FN4O3S. The van der Waals surface area contributed by atoms with Crippen LogP contribution in [0.15, 0.2) is 90.1 Å². The van der Waals surface area contributed by atoms with Crippen LogP contribution in [-0.4, -0.2) is 28.8 Å². The van der Waals surface area contributed by atoms with Gasteiger partial charge in [-0.2, -0.15) is 0 Å². The summed E-state index contributed by atoms with van der Waals surface area (Å²) in [6, 6.07) is 19.1. The number of aryl methyl sites for hydroxylation is 2. The number of carbonyl (C=O) groups excluding carboxylic acids is 1. The van der Waals surface area contributed by atoms with Crippen molar-refractivity contribution in [3.05, 3.63) is 114 Å². The third-order valence-electron chi connectivity index (χ3n) is 5.54. The Bertz CT molecular complexity index is 1440. The molecule has 0 saturated carbocycles. The Kier molecular flexibility index (Phi) is 6.97. The summed E-state index contributed by atoms with van der Waals surface area (Å²) in [4.78, 5) is 19.6. The molecule has 1 aromatic heterocycles. The first kappa shape index (κ1) is 24.2. The molecule has 0 aliphatic carbocycles. The van der Waals surface area contributed by atoms with Gasteiger partial charge < -0.3 is 9.47 Å². The molecule has 0 spiro atoms. The maximum Gasteiger partial charge on any atom is 0.261 e. The average Bonchev–Trinajstić information content (AvgIpc) is 3.24. The smallest absolute Gasteiger partial charge is 0.261 e. The summed E-state index contributed by atoms with van der Waals surface area (Å²) in [5.41, 5.74) is 1.68. The molecule has 0 radical (unpaired) electrons. The maximum absolute atomic E-state index is 14.3. The van der Waals surface area contributed by atoms with Crippen LogP contribution in [0.2, 0.25) is 0 Å². The van der Waals surface area contributed by atoms with Gasteiger partial charge in [-0.15, -0.1) is 0 Å². The van der Waals surface area contributed by atoms with Crippen LogP contribution in [0.5, 0.6) is 0 Å². The molecule has 35 heavy (non-hydrogen) atoms. The molecule has 3 aromatic carbocycles. The molecule has 0 saturated heterocycles. The lowest BCUT2D eigenvalue weighted by molar-refractivity contribution is 0.0724. The van der Waals surface area contributed by atoms with E-state index in [2.05, 4.69) is 9.71 Å².